The Morgan fingerprint density at radius 1 is 1.08 bits per heavy atom. The number of carboxylic acid groups (broad SMARTS) is 1. The first-order valence-corrected chi connectivity index (χ1v) is 7.50. The third kappa shape index (κ3) is 2.55. The largest absolute Gasteiger partial charge is 0.477 e. The third-order valence-corrected chi connectivity index (χ3v) is 4.02. The maximum Gasteiger partial charge on any atom is 0.352 e. The van der Waals surface area contributed by atoms with Crippen LogP contribution in [0.2, 0.25) is 0 Å². The number of aromatic nitrogens is 1. The normalized spacial score (nSPS) is 14.3. The maximum absolute atomic E-state index is 12.9. The van der Waals surface area contributed by atoms with Gasteiger partial charge in [-0.3, -0.25) is 23.9 Å². The van der Waals surface area contributed by atoms with Gasteiger partial charge in [-0.1, -0.05) is 18.2 Å². The predicted molar refractivity (Wildman–Crippen MR) is 87.6 cm³/mol. The van der Waals surface area contributed by atoms with Gasteiger partial charge < -0.3 is 5.11 Å². The highest BCUT2D eigenvalue weighted by molar-refractivity contribution is 6.23. The number of amides is 2. The van der Waals surface area contributed by atoms with Crippen molar-refractivity contribution in [2.24, 2.45) is 0 Å². The summed E-state index contributed by atoms with van der Waals surface area (Å²) in [4.78, 5) is 50.2. The van der Waals surface area contributed by atoms with Crippen LogP contribution in [0.5, 0.6) is 0 Å². The van der Waals surface area contributed by atoms with Crippen LogP contribution >= 0.6 is 0 Å². The minimum Gasteiger partial charge on any atom is -0.477 e. The van der Waals surface area contributed by atoms with Gasteiger partial charge in [-0.15, -0.1) is 6.58 Å². The summed E-state index contributed by atoms with van der Waals surface area (Å²) in [6.45, 7) is 3.57. The number of aromatic carboxylic acids is 1. The molecular formula is C18H14N2O5. The van der Waals surface area contributed by atoms with Crippen LogP contribution in [0, 0.1) is 0 Å². The smallest absolute Gasteiger partial charge is 0.352 e. The van der Waals surface area contributed by atoms with Gasteiger partial charge >= 0.3 is 5.97 Å². The number of carbonyl (C=O) groups is 4. The Kier molecular flexibility index (Phi) is 4.06. The van der Waals surface area contributed by atoms with E-state index in [1.807, 2.05) is 0 Å². The van der Waals surface area contributed by atoms with E-state index in [2.05, 4.69) is 6.58 Å². The summed E-state index contributed by atoms with van der Waals surface area (Å²) >= 11 is 0. The van der Waals surface area contributed by atoms with Crippen LogP contribution in [0.15, 0.2) is 55.3 Å². The highest BCUT2D eigenvalue weighted by atomic mass is 16.4. The fourth-order valence-electron chi connectivity index (χ4n) is 2.87. The van der Waals surface area contributed by atoms with Crippen LogP contribution in [-0.4, -0.2) is 44.3 Å². The molecule has 0 spiro atoms. The molecule has 1 atom stereocenters. The second kappa shape index (κ2) is 6.20. The SMILES string of the molecule is C=CC[C@H](C(=O)n1cccc1C(=O)O)N1C(=O)c2ccccc2C1=O. The molecule has 0 bridgehead atoms. The lowest BCUT2D eigenvalue weighted by Gasteiger charge is -2.24. The summed E-state index contributed by atoms with van der Waals surface area (Å²) in [5.74, 6) is -3.12. The molecule has 0 saturated heterocycles. The Morgan fingerprint density at radius 2 is 1.68 bits per heavy atom. The molecule has 2 amide bonds. The average Bonchev–Trinajstić information content (AvgIpc) is 3.18. The van der Waals surface area contributed by atoms with E-state index in [0.29, 0.717) is 0 Å². The van der Waals surface area contributed by atoms with E-state index in [1.165, 1.54) is 36.5 Å². The summed E-state index contributed by atoms with van der Waals surface area (Å²) in [5.41, 5.74) is 0.205. The Balaban J connectivity index is 2.03. The zero-order valence-electron chi connectivity index (χ0n) is 13.1. The molecule has 3 rings (SSSR count). The quantitative estimate of drug-likeness (QED) is 0.665. The van der Waals surface area contributed by atoms with Gasteiger partial charge in [0.1, 0.15) is 11.7 Å². The van der Waals surface area contributed by atoms with Crippen LogP contribution in [-0.2, 0) is 0 Å². The lowest BCUT2D eigenvalue weighted by molar-refractivity contribution is 0.0511. The van der Waals surface area contributed by atoms with Gasteiger partial charge in [0, 0.05) is 6.20 Å². The Bertz CT molecular complexity index is 877. The molecule has 1 aliphatic heterocycles. The number of nitrogens with zero attached hydrogens (tertiary/aromatic N) is 2. The van der Waals surface area contributed by atoms with Crippen molar-refractivity contribution in [2.75, 3.05) is 0 Å². The molecule has 1 N–H and O–H groups in total. The van der Waals surface area contributed by atoms with Crippen LogP contribution in [0.1, 0.15) is 42.4 Å². The zero-order valence-corrected chi connectivity index (χ0v) is 13.1. The zero-order chi connectivity index (χ0) is 18.1. The first-order chi connectivity index (χ1) is 12.0. The Hall–Kier alpha value is -3.48. The number of carboxylic acids is 1. The van der Waals surface area contributed by atoms with Crippen molar-refractivity contribution in [1.82, 2.24) is 9.47 Å². The molecule has 0 aliphatic carbocycles. The Morgan fingerprint density at radius 3 is 2.20 bits per heavy atom. The van der Waals surface area contributed by atoms with Crippen molar-refractivity contribution in [1.29, 1.82) is 0 Å². The monoisotopic (exact) mass is 338 g/mol. The first kappa shape index (κ1) is 16.4. The van der Waals surface area contributed by atoms with Crippen molar-refractivity contribution >= 4 is 23.7 Å². The summed E-state index contributed by atoms with van der Waals surface area (Å²) in [7, 11) is 0. The molecular weight excluding hydrogens is 324 g/mol. The number of imide groups is 1. The van der Waals surface area contributed by atoms with Gasteiger partial charge in [0.25, 0.3) is 17.7 Å². The van der Waals surface area contributed by atoms with Gasteiger partial charge in [0.15, 0.2) is 0 Å². The van der Waals surface area contributed by atoms with E-state index in [1.54, 1.807) is 12.1 Å². The minimum absolute atomic E-state index is 0.0154. The molecule has 0 fully saturated rings. The topological polar surface area (TPSA) is 96.7 Å². The molecule has 2 aromatic rings. The van der Waals surface area contributed by atoms with E-state index < -0.39 is 29.7 Å². The average molecular weight is 338 g/mol. The molecule has 25 heavy (non-hydrogen) atoms. The maximum atomic E-state index is 12.9. The predicted octanol–water partition coefficient (Wildman–Crippen LogP) is 2.07. The summed E-state index contributed by atoms with van der Waals surface area (Å²) in [5, 5.41) is 9.19. The Labute approximate surface area is 142 Å². The highest BCUT2D eigenvalue weighted by Crippen LogP contribution is 2.26. The van der Waals surface area contributed by atoms with Crippen LogP contribution < -0.4 is 0 Å². The number of hydrogen-bond acceptors (Lipinski definition) is 4. The molecule has 0 radical (unpaired) electrons. The van der Waals surface area contributed by atoms with Gasteiger partial charge in [-0.05, 0) is 30.7 Å². The molecule has 7 nitrogen and oxygen atoms in total. The molecule has 126 valence electrons. The van der Waals surface area contributed by atoms with Crippen LogP contribution in [0.4, 0.5) is 0 Å². The van der Waals surface area contributed by atoms with E-state index in [0.717, 1.165) is 9.47 Å². The number of rotatable bonds is 5. The van der Waals surface area contributed by atoms with Crippen LogP contribution in [0.3, 0.4) is 0 Å². The van der Waals surface area contributed by atoms with Crippen molar-refractivity contribution in [3.63, 3.8) is 0 Å². The van der Waals surface area contributed by atoms with Crippen molar-refractivity contribution < 1.29 is 24.3 Å². The summed E-state index contributed by atoms with van der Waals surface area (Å²) in [6, 6.07) is 7.81. The second-order valence-electron chi connectivity index (χ2n) is 5.47. The molecule has 7 heteroatoms. The third-order valence-electron chi connectivity index (χ3n) is 4.02. The molecule has 1 aliphatic rings. The number of benzene rings is 1. The lowest BCUT2D eigenvalue weighted by Crippen LogP contribution is -2.46. The van der Waals surface area contributed by atoms with E-state index in [-0.39, 0.29) is 23.2 Å². The van der Waals surface area contributed by atoms with Crippen molar-refractivity contribution in [3.8, 4) is 0 Å². The van der Waals surface area contributed by atoms with Gasteiger partial charge in [-0.25, -0.2) is 4.79 Å². The van der Waals surface area contributed by atoms with Gasteiger partial charge in [-0.2, -0.15) is 0 Å². The van der Waals surface area contributed by atoms with E-state index >= 15 is 0 Å². The minimum atomic E-state index is -1.28. The fourth-order valence-corrected chi connectivity index (χ4v) is 2.87. The fraction of sp³-hybridized carbons (Fsp3) is 0.111. The molecule has 1 aromatic heterocycles. The lowest BCUT2D eigenvalue weighted by atomic mass is 10.1. The number of fused-ring (bicyclic) bond motifs is 1. The molecule has 1 aromatic carbocycles. The van der Waals surface area contributed by atoms with Gasteiger partial charge in [0.2, 0.25) is 0 Å². The van der Waals surface area contributed by atoms with Gasteiger partial charge in [0.05, 0.1) is 11.1 Å². The standard InChI is InChI=1S/C18H14N2O5/c1-2-6-13(17(23)19-10-5-9-14(19)18(24)25)20-15(21)11-7-3-4-8-12(11)16(20)22/h2-5,7-10,13H,1,6H2,(H,24,25)/t13-/m1/s1. The van der Waals surface area contributed by atoms with E-state index in [4.69, 9.17) is 0 Å². The highest BCUT2D eigenvalue weighted by Gasteiger charge is 2.42. The van der Waals surface area contributed by atoms with Crippen molar-refractivity contribution in [3.05, 3.63) is 72.1 Å². The number of hydrogen-bond donors (Lipinski definition) is 1. The second-order valence-corrected chi connectivity index (χ2v) is 5.47. The number of carbonyl (C=O) groups excluding carboxylic acids is 3. The van der Waals surface area contributed by atoms with E-state index in [9.17, 15) is 24.3 Å². The van der Waals surface area contributed by atoms with Crippen molar-refractivity contribution in [2.45, 2.75) is 12.5 Å². The summed E-state index contributed by atoms with van der Waals surface area (Å²) < 4.78 is 0.931. The van der Waals surface area contributed by atoms with Crippen LogP contribution in [0.25, 0.3) is 0 Å². The summed E-state index contributed by atoms with van der Waals surface area (Å²) in [6.07, 6.45) is 2.72. The molecule has 0 unspecified atom stereocenters. The first-order valence-electron chi connectivity index (χ1n) is 7.50. The molecule has 0 saturated carbocycles. The molecule has 2 heterocycles.